The van der Waals surface area contributed by atoms with Gasteiger partial charge in [0, 0.05) is 60.1 Å². The van der Waals surface area contributed by atoms with E-state index in [2.05, 4.69) is 70.3 Å². The molecule has 2 aliphatic rings. The Bertz CT molecular complexity index is 1250. The molecule has 0 aromatic heterocycles. The summed E-state index contributed by atoms with van der Waals surface area (Å²) in [6, 6.07) is 23.5. The lowest BCUT2D eigenvalue weighted by molar-refractivity contribution is 0.116. The first-order chi connectivity index (χ1) is 20.0. The van der Waals surface area contributed by atoms with E-state index >= 15 is 0 Å². The lowest BCUT2D eigenvalue weighted by atomic mass is 10.2. The van der Waals surface area contributed by atoms with Gasteiger partial charge in [-0.05, 0) is 80.5 Å². The average molecular weight is 705 g/mol. The predicted molar refractivity (Wildman–Crippen MR) is 193 cm³/mol. The van der Waals surface area contributed by atoms with E-state index in [9.17, 15) is 0 Å². The summed E-state index contributed by atoms with van der Waals surface area (Å²) in [5.74, 6) is 1.80. The molecule has 2 aliphatic heterocycles. The number of piperazine rings is 1. The Morgan fingerprint density at radius 1 is 0.727 bits per heavy atom. The van der Waals surface area contributed by atoms with Gasteiger partial charge in [0.25, 0.3) is 0 Å². The fourth-order valence-corrected chi connectivity index (χ4v) is 6.55. The van der Waals surface area contributed by atoms with Crippen LogP contribution in [0.1, 0.15) is 26.7 Å². The molecule has 0 aliphatic carbocycles. The number of benzene rings is 3. The van der Waals surface area contributed by atoms with Gasteiger partial charge in [-0.3, -0.25) is 4.90 Å². The van der Waals surface area contributed by atoms with Crippen molar-refractivity contribution >= 4 is 72.0 Å². The molecule has 11 heteroatoms. The Morgan fingerprint density at radius 2 is 1.34 bits per heavy atom. The zero-order valence-corrected chi connectivity index (χ0v) is 29.6. The Hall–Kier alpha value is -1.55. The summed E-state index contributed by atoms with van der Waals surface area (Å²) in [7, 11) is 0. The van der Waals surface area contributed by atoms with Crippen LogP contribution in [0.4, 0.5) is 11.4 Å². The van der Waals surface area contributed by atoms with E-state index in [0.717, 1.165) is 88.3 Å². The van der Waals surface area contributed by atoms with Gasteiger partial charge in [-0.15, -0.1) is 37.2 Å². The molecule has 3 aromatic rings. The zero-order chi connectivity index (χ0) is 28.4. The molecule has 44 heavy (non-hydrogen) atoms. The highest BCUT2D eigenvalue weighted by atomic mass is 35.5. The topological polar surface area (TPSA) is 40.2 Å². The third-order valence-electron chi connectivity index (χ3n) is 7.55. The van der Waals surface area contributed by atoms with Crippen LogP contribution in [-0.2, 0) is 0 Å². The highest BCUT2D eigenvalue weighted by Gasteiger charge is 2.24. The summed E-state index contributed by atoms with van der Waals surface area (Å²) in [5, 5.41) is 4.20. The summed E-state index contributed by atoms with van der Waals surface area (Å²) >= 11 is 8.22. The number of fused-ring (bicyclic) bond motifs is 2. The van der Waals surface area contributed by atoms with Crippen LogP contribution in [-0.4, -0.2) is 81.4 Å². The quantitative estimate of drug-likeness (QED) is 0.170. The van der Waals surface area contributed by atoms with Crippen molar-refractivity contribution in [3.63, 3.8) is 0 Å². The summed E-state index contributed by atoms with van der Waals surface area (Å²) < 4.78 is 11.9. The molecule has 3 aromatic carbocycles. The van der Waals surface area contributed by atoms with Crippen LogP contribution in [0.3, 0.4) is 0 Å². The minimum Gasteiger partial charge on any atom is -0.494 e. The number of anilines is 2. The first kappa shape index (κ1) is 38.6. The van der Waals surface area contributed by atoms with Gasteiger partial charge in [0.05, 0.1) is 18.0 Å². The van der Waals surface area contributed by atoms with Gasteiger partial charge in [0.1, 0.15) is 18.1 Å². The molecule has 0 atom stereocenters. The Balaban J connectivity index is 0.00000225. The molecule has 5 rings (SSSR count). The van der Waals surface area contributed by atoms with E-state index in [1.165, 1.54) is 21.2 Å². The second-order valence-electron chi connectivity index (χ2n) is 11.0. The van der Waals surface area contributed by atoms with Gasteiger partial charge >= 0.3 is 0 Å². The second kappa shape index (κ2) is 19.9. The molecule has 0 amide bonds. The zero-order valence-electron chi connectivity index (χ0n) is 25.6. The van der Waals surface area contributed by atoms with Crippen LogP contribution in [0.25, 0.3) is 0 Å². The molecule has 1 fully saturated rings. The molecule has 2 heterocycles. The van der Waals surface area contributed by atoms with E-state index in [1.54, 1.807) is 0 Å². The monoisotopic (exact) mass is 702 g/mol. The van der Waals surface area contributed by atoms with Crippen molar-refractivity contribution in [2.45, 2.75) is 42.5 Å². The summed E-state index contributed by atoms with van der Waals surface area (Å²) in [4.78, 5) is 10.1. The van der Waals surface area contributed by atoms with Crippen LogP contribution in [0.5, 0.6) is 11.5 Å². The molecule has 0 bridgehead atoms. The van der Waals surface area contributed by atoms with Crippen molar-refractivity contribution in [3.05, 3.63) is 71.8 Å². The van der Waals surface area contributed by atoms with Gasteiger partial charge in [-0.1, -0.05) is 49.3 Å². The molecule has 0 saturated carbocycles. The molecule has 6 nitrogen and oxygen atoms in total. The van der Waals surface area contributed by atoms with E-state index in [-0.39, 0.29) is 37.2 Å². The number of rotatable bonds is 14. The standard InChI is InChI=1S/C33H43ClN4O2S.3ClH/c1-26(2)35-15-5-23-39-28-10-12-29(13-11-28)40-24-22-37-20-18-36(19-21-37)16-6-17-38-30-7-3-4-8-32(30)41-33-14-9-27(34)25-31(33)38;;;/h3-4,7-14,25-26,35H,5-6,15-24H2,1-2H3;3*1H. The van der Waals surface area contributed by atoms with Gasteiger partial charge in [-0.2, -0.15) is 0 Å². The van der Waals surface area contributed by atoms with E-state index in [0.29, 0.717) is 12.6 Å². The molecular weight excluding hydrogens is 658 g/mol. The third-order valence-corrected chi connectivity index (χ3v) is 8.92. The van der Waals surface area contributed by atoms with Crippen LogP contribution < -0.4 is 19.7 Å². The molecule has 0 unspecified atom stereocenters. The van der Waals surface area contributed by atoms with Gasteiger partial charge in [0.15, 0.2) is 0 Å². The van der Waals surface area contributed by atoms with Crippen LogP contribution in [0.2, 0.25) is 5.02 Å². The van der Waals surface area contributed by atoms with Crippen molar-refractivity contribution in [3.8, 4) is 11.5 Å². The predicted octanol–water partition coefficient (Wildman–Crippen LogP) is 8.06. The fourth-order valence-electron chi connectivity index (χ4n) is 5.31. The molecule has 0 radical (unpaired) electrons. The normalized spacial score (nSPS) is 14.5. The minimum atomic E-state index is 0. The largest absolute Gasteiger partial charge is 0.494 e. The van der Waals surface area contributed by atoms with Gasteiger partial charge < -0.3 is 24.6 Å². The highest BCUT2D eigenvalue weighted by Crippen LogP contribution is 2.48. The molecule has 244 valence electrons. The summed E-state index contributed by atoms with van der Waals surface area (Å²) in [5.41, 5.74) is 2.51. The summed E-state index contributed by atoms with van der Waals surface area (Å²) in [6.07, 6.45) is 2.11. The van der Waals surface area contributed by atoms with Gasteiger partial charge in [-0.25, -0.2) is 0 Å². The molecule has 0 spiro atoms. The van der Waals surface area contributed by atoms with Crippen LogP contribution >= 0.6 is 60.6 Å². The number of halogens is 4. The Morgan fingerprint density at radius 3 is 2.02 bits per heavy atom. The van der Waals surface area contributed by atoms with Gasteiger partial charge in [0.2, 0.25) is 0 Å². The number of para-hydroxylation sites is 1. The number of hydrogen-bond donors (Lipinski definition) is 1. The van der Waals surface area contributed by atoms with E-state index in [1.807, 2.05) is 42.1 Å². The number of nitrogens with one attached hydrogen (secondary N) is 1. The van der Waals surface area contributed by atoms with E-state index < -0.39 is 0 Å². The van der Waals surface area contributed by atoms with Crippen molar-refractivity contribution in [1.82, 2.24) is 15.1 Å². The molecule has 1 saturated heterocycles. The molecular formula is C33H46Cl4N4O2S. The van der Waals surface area contributed by atoms with Crippen molar-refractivity contribution in [2.75, 3.05) is 70.5 Å². The average Bonchev–Trinajstić information content (AvgIpc) is 2.98. The van der Waals surface area contributed by atoms with Crippen molar-refractivity contribution < 1.29 is 9.47 Å². The van der Waals surface area contributed by atoms with Crippen molar-refractivity contribution in [2.24, 2.45) is 0 Å². The number of hydrogen-bond acceptors (Lipinski definition) is 7. The molecule has 1 N–H and O–H groups in total. The maximum Gasteiger partial charge on any atom is 0.119 e. The smallest absolute Gasteiger partial charge is 0.119 e. The van der Waals surface area contributed by atoms with Crippen LogP contribution in [0.15, 0.2) is 76.5 Å². The SMILES string of the molecule is CC(C)NCCCOc1ccc(OCCN2CCN(CCCN3c4ccccc4Sc4ccc(Cl)cc43)CC2)cc1.Cl.Cl.Cl. The number of nitrogens with zero attached hydrogens (tertiary/aromatic N) is 3. The lowest BCUT2D eigenvalue weighted by Crippen LogP contribution is -2.47. The first-order valence-electron chi connectivity index (χ1n) is 14.9. The third kappa shape index (κ3) is 11.4. The highest BCUT2D eigenvalue weighted by molar-refractivity contribution is 7.99. The maximum absolute atomic E-state index is 6.38. The fraction of sp³-hybridized carbons (Fsp3) is 0.455. The Labute approximate surface area is 291 Å². The summed E-state index contributed by atoms with van der Waals surface area (Å²) in [6.45, 7) is 14.1. The second-order valence-corrected chi connectivity index (χ2v) is 12.5. The van der Waals surface area contributed by atoms with E-state index in [4.69, 9.17) is 21.1 Å². The lowest BCUT2D eigenvalue weighted by Gasteiger charge is -2.36. The van der Waals surface area contributed by atoms with Crippen LogP contribution in [0, 0.1) is 0 Å². The maximum atomic E-state index is 6.38. The first-order valence-corrected chi connectivity index (χ1v) is 16.1. The number of ether oxygens (including phenoxy) is 2. The van der Waals surface area contributed by atoms with Crippen molar-refractivity contribution in [1.29, 1.82) is 0 Å². The minimum absolute atomic E-state index is 0. The Kier molecular flexibility index (Phi) is 17.4.